The van der Waals surface area contributed by atoms with Gasteiger partial charge in [0.1, 0.15) is 5.60 Å². The molecule has 0 aromatic rings. The van der Waals surface area contributed by atoms with Gasteiger partial charge in [-0.2, -0.15) is 0 Å². The molecule has 178 valence electrons. The predicted molar refractivity (Wildman–Crippen MR) is 133 cm³/mol. The van der Waals surface area contributed by atoms with Gasteiger partial charge in [0, 0.05) is 12.5 Å². The van der Waals surface area contributed by atoms with E-state index in [0.717, 1.165) is 25.7 Å². The second-order valence-electron chi connectivity index (χ2n) is 12.8. The highest BCUT2D eigenvalue weighted by Gasteiger charge is 2.51. The number of allylic oxidation sites excluding steroid dienone is 2. The van der Waals surface area contributed by atoms with Crippen molar-refractivity contribution in [3.05, 3.63) is 22.8 Å². The Bertz CT molecular complexity index is 744. The van der Waals surface area contributed by atoms with Gasteiger partial charge in [-0.15, -0.1) is 0 Å². The largest absolute Gasteiger partial charge is 0.413 e. The first-order chi connectivity index (χ1) is 14.2. The van der Waals surface area contributed by atoms with E-state index in [2.05, 4.69) is 67.6 Å². The van der Waals surface area contributed by atoms with Gasteiger partial charge in [0.25, 0.3) is 0 Å². The third kappa shape index (κ3) is 4.52. The van der Waals surface area contributed by atoms with Gasteiger partial charge in [0.2, 0.25) is 0 Å². The minimum Gasteiger partial charge on any atom is -0.413 e. The van der Waals surface area contributed by atoms with Crippen LogP contribution < -0.4 is 0 Å². The van der Waals surface area contributed by atoms with Gasteiger partial charge >= 0.3 is 0 Å². The average Bonchev–Trinajstić information content (AvgIpc) is 3.10. The van der Waals surface area contributed by atoms with Crippen molar-refractivity contribution >= 4 is 8.32 Å². The Morgan fingerprint density at radius 2 is 1.87 bits per heavy atom. The summed E-state index contributed by atoms with van der Waals surface area (Å²) in [5.41, 5.74) is 3.64. The third-order valence-electron chi connectivity index (χ3n) is 9.23. The summed E-state index contributed by atoms with van der Waals surface area (Å²) in [6.07, 6.45) is 7.87. The first-order valence-electron chi connectivity index (χ1n) is 12.5. The zero-order valence-electron chi connectivity index (χ0n) is 21.9. The molecule has 1 fully saturated rings. The molecule has 0 aromatic heterocycles. The minimum absolute atomic E-state index is 0.0223. The Hall–Kier alpha value is -0.423. The Kier molecular flexibility index (Phi) is 6.84. The molecule has 31 heavy (non-hydrogen) atoms. The van der Waals surface area contributed by atoms with Crippen LogP contribution in [0.4, 0.5) is 0 Å². The number of aliphatic hydroxyl groups is 1. The summed E-state index contributed by atoms with van der Waals surface area (Å²) in [5, 5.41) is 11.8. The lowest BCUT2D eigenvalue weighted by molar-refractivity contribution is -0.000928. The monoisotopic (exact) mass is 448 g/mol. The molecular weight excluding hydrogens is 400 g/mol. The van der Waals surface area contributed by atoms with Gasteiger partial charge in [-0.25, -0.2) is 0 Å². The van der Waals surface area contributed by atoms with Gasteiger partial charge in [-0.3, -0.25) is 0 Å². The Morgan fingerprint density at radius 1 is 1.23 bits per heavy atom. The summed E-state index contributed by atoms with van der Waals surface area (Å²) in [5.74, 6) is 1.32. The first-order valence-corrected chi connectivity index (χ1v) is 15.4. The van der Waals surface area contributed by atoms with Crippen LogP contribution in [0.15, 0.2) is 22.8 Å². The number of fused-ring (bicyclic) bond motifs is 2. The van der Waals surface area contributed by atoms with E-state index in [1.165, 1.54) is 12.0 Å². The fourth-order valence-corrected chi connectivity index (χ4v) is 7.55. The van der Waals surface area contributed by atoms with Gasteiger partial charge < -0.3 is 14.3 Å². The van der Waals surface area contributed by atoms with Crippen LogP contribution >= 0.6 is 0 Å². The molecular formula is C27H48O3Si. The predicted octanol–water partition coefficient (Wildman–Crippen LogP) is 6.88. The zero-order chi connectivity index (χ0) is 23.4. The van der Waals surface area contributed by atoms with Gasteiger partial charge in [-0.1, -0.05) is 65.7 Å². The fraction of sp³-hybridized carbons (Fsp3) is 0.852. The van der Waals surface area contributed by atoms with Gasteiger partial charge in [0.15, 0.2) is 8.32 Å². The third-order valence-corrected chi connectivity index (χ3v) is 13.7. The average molecular weight is 449 g/mol. The van der Waals surface area contributed by atoms with Crippen LogP contribution in [0.3, 0.4) is 0 Å². The lowest BCUT2D eigenvalue weighted by atomic mass is 9.69. The van der Waals surface area contributed by atoms with Crippen molar-refractivity contribution in [2.24, 2.45) is 23.2 Å². The molecule has 0 saturated heterocycles. The quantitative estimate of drug-likeness (QED) is 0.368. The molecule has 0 unspecified atom stereocenters. The number of rotatable bonds is 5. The van der Waals surface area contributed by atoms with Crippen LogP contribution in [0, 0.1) is 23.2 Å². The summed E-state index contributed by atoms with van der Waals surface area (Å²) in [4.78, 5) is 0. The molecule has 0 amide bonds. The standard InChI is InChI=1S/C27H48O3Si/c1-18(2)20-11-13-26(7)16-23-21(12-14-27(23,28)17-29-8)19(3)24(15-22(20)26)30-31(9,10)25(4,5)6/h16,18-19,21,24,28H,11-15,17H2,1-10H3/b23-16+/t19-,21+,24+,26-,27+/m1/s1. The number of hydrogen-bond acceptors (Lipinski definition) is 3. The second kappa shape index (κ2) is 8.41. The van der Waals surface area contributed by atoms with Crippen LogP contribution in [-0.2, 0) is 9.16 Å². The van der Waals surface area contributed by atoms with Gasteiger partial charge in [-0.05, 0) is 73.6 Å². The fourth-order valence-electron chi connectivity index (χ4n) is 6.14. The molecule has 4 heteroatoms. The van der Waals surface area contributed by atoms with Crippen LogP contribution in [-0.4, -0.2) is 38.8 Å². The highest BCUT2D eigenvalue weighted by molar-refractivity contribution is 6.74. The van der Waals surface area contributed by atoms with Crippen LogP contribution in [0.25, 0.3) is 0 Å². The molecule has 3 aliphatic rings. The van der Waals surface area contributed by atoms with Crippen molar-refractivity contribution in [2.75, 3.05) is 13.7 Å². The van der Waals surface area contributed by atoms with Crippen LogP contribution in [0.5, 0.6) is 0 Å². The molecule has 3 nitrogen and oxygen atoms in total. The molecule has 1 N–H and O–H groups in total. The lowest BCUT2D eigenvalue weighted by Crippen LogP contribution is -2.47. The molecule has 3 rings (SSSR count). The maximum Gasteiger partial charge on any atom is 0.192 e. The van der Waals surface area contributed by atoms with Crippen LogP contribution in [0.2, 0.25) is 18.1 Å². The van der Waals surface area contributed by atoms with E-state index in [-0.39, 0.29) is 16.6 Å². The molecule has 0 aliphatic heterocycles. The Morgan fingerprint density at radius 3 is 2.42 bits per heavy atom. The van der Waals surface area contributed by atoms with E-state index in [4.69, 9.17) is 9.16 Å². The van der Waals surface area contributed by atoms with Crippen LogP contribution in [0.1, 0.15) is 80.6 Å². The molecule has 0 bridgehead atoms. The zero-order valence-corrected chi connectivity index (χ0v) is 22.9. The normalized spacial score (nSPS) is 38.6. The van der Waals surface area contributed by atoms with E-state index in [1.807, 2.05) is 0 Å². The van der Waals surface area contributed by atoms with E-state index >= 15 is 0 Å². The molecule has 5 atom stereocenters. The summed E-state index contributed by atoms with van der Waals surface area (Å²) in [6.45, 7) is 21.6. The van der Waals surface area contributed by atoms with E-state index in [1.54, 1.807) is 18.3 Å². The maximum absolute atomic E-state index is 11.6. The molecule has 0 radical (unpaired) electrons. The summed E-state index contributed by atoms with van der Waals surface area (Å²) in [7, 11) is -0.205. The molecule has 0 spiro atoms. The second-order valence-corrected chi connectivity index (χ2v) is 17.5. The number of methoxy groups -OCH3 is 1. The molecule has 3 aliphatic carbocycles. The van der Waals surface area contributed by atoms with Crippen molar-refractivity contribution in [1.29, 1.82) is 0 Å². The number of ether oxygens (including phenoxy) is 1. The summed E-state index contributed by atoms with van der Waals surface area (Å²) < 4.78 is 12.7. The summed E-state index contributed by atoms with van der Waals surface area (Å²) in [6, 6.07) is 0. The molecule has 0 heterocycles. The van der Waals surface area contributed by atoms with Gasteiger partial charge in [0.05, 0.1) is 12.7 Å². The highest BCUT2D eigenvalue weighted by Crippen LogP contribution is 2.56. The molecule has 1 saturated carbocycles. The van der Waals surface area contributed by atoms with E-state index in [9.17, 15) is 5.11 Å². The van der Waals surface area contributed by atoms with Crippen molar-refractivity contribution in [1.82, 2.24) is 0 Å². The van der Waals surface area contributed by atoms with Crippen molar-refractivity contribution in [2.45, 2.75) is 110 Å². The van der Waals surface area contributed by atoms with E-state index < -0.39 is 13.9 Å². The Labute approximate surface area is 192 Å². The first kappa shape index (κ1) is 25.2. The van der Waals surface area contributed by atoms with Crippen molar-refractivity contribution in [3.63, 3.8) is 0 Å². The summed E-state index contributed by atoms with van der Waals surface area (Å²) >= 11 is 0. The minimum atomic E-state index is -1.91. The lowest BCUT2D eigenvalue weighted by Gasteiger charge is -2.45. The van der Waals surface area contributed by atoms with Crippen molar-refractivity contribution in [3.8, 4) is 0 Å². The molecule has 0 aromatic carbocycles. The Balaban J connectivity index is 2.13. The maximum atomic E-state index is 11.6. The topological polar surface area (TPSA) is 38.7 Å². The van der Waals surface area contributed by atoms with E-state index in [0.29, 0.717) is 24.4 Å². The highest BCUT2D eigenvalue weighted by atomic mass is 28.4. The SMILES string of the molecule is COC[C@@]1(O)CC[C@@H]2/C1=C\[C@@]1(C)CCC(C(C)C)=C1C[C@H](O[Si](C)(C)C(C)(C)C)[C@@H]2C. The smallest absolute Gasteiger partial charge is 0.192 e. The van der Waals surface area contributed by atoms with Crippen molar-refractivity contribution < 1.29 is 14.3 Å². The number of hydrogen-bond donors (Lipinski definition) is 1.